The topological polar surface area (TPSA) is 70.7 Å². The predicted molar refractivity (Wildman–Crippen MR) is 106 cm³/mol. The molecule has 0 radical (unpaired) electrons. The van der Waals surface area contributed by atoms with Crippen molar-refractivity contribution in [2.75, 3.05) is 25.5 Å². The second-order valence-corrected chi connectivity index (χ2v) is 7.95. The average Bonchev–Trinajstić information content (AvgIpc) is 2.68. The van der Waals surface area contributed by atoms with Crippen molar-refractivity contribution < 1.29 is 14.3 Å². The molecule has 3 rings (SSSR count). The van der Waals surface area contributed by atoms with Gasteiger partial charge in [-0.05, 0) is 55.9 Å². The minimum Gasteiger partial charge on any atom is -0.497 e. The second kappa shape index (κ2) is 8.63. The van der Waals surface area contributed by atoms with E-state index in [0.29, 0.717) is 24.4 Å². The molecule has 6 heteroatoms. The minimum absolute atomic E-state index is 0.0960. The Labute approximate surface area is 161 Å². The van der Waals surface area contributed by atoms with E-state index in [9.17, 15) is 9.59 Å². The molecule has 0 aromatic heterocycles. The van der Waals surface area contributed by atoms with E-state index in [1.807, 2.05) is 4.90 Å². The lowest BCUT2D eigenvalue weighted by molar-refractivity contribution is -0.141. The molecule has 0 bridgehead atoms. The molecule has 2 aliphatic rings. The number of carbonyl (C=O) groups excluding carboxylic acids is 2. The number of hydrogen-bond acceptors (Lipinski definition) is 3. The second-order valence-electron chi connectivity index (χ2n) is 7.95. The molecule has 1 aromatic carbocycles. The molecule has 148 valence electrons. The minimum atomic E-state index is -0.772. The van der Waals surface area contributed by atoms with Crippen LogP contribution in [-0.4, -0.2) is 42.6 Å². The van der Waals surface area contributed by atoms with Crippen molar-refractivity contribution >= 4 is 17.6 Å². The van der Waals surface area contributed by atoms with Crippen LogP contribution in [-0.2, 0) is 4.79 Å². The SMILES string of the molecule is COc1ccc(NC(=O)NC2(C(=O)N3CCC[C@H](C)C3)CCCCC2)cc1. The quantitative estimate of drug-likeness (QED) is 0.844. The van der Waals surface area contributed by atoms with Crippen LogP contribution >= 0.6 is 0 Å². The molecule has 2 N–H and O–H groups in total. The number of amides is 3. The standard InChI is InChI=1S/C21H31N3O3/c1-16-7-6-14-24(15-16)19(25)21(12-4-3-5-13-21)23-20(26)22-17-8-10-18(27-2)11-9-17/h8-11,16H,3-7,12-15H2,1-2H3,(H2,22,23,26)/t16-/m0/s1. The fourth-order valence-electron chi connectivity index (χ4n) is 4.28. The van der Waals surface area contributed by atoms with Crippen molar-refractivity contribution in [1.29, 1.82) is 0 Å². The van der Waals surface area contributed by atoms with Crippen molar-refractivity contribution in [3.05, 3.63) is 24.3 Å². The van der Waals surface area contributed by atoms with Crippen molar-refractivity contribution in [3.63, 3.8) is 0 Å². The normalized spacial score (nSPS) is 22.0. The number of piperidine rings is 1. The summed E-state index contributed by atoms with van der Waals surface area (Å²) in [6.45, 7) is 3.78. The highest BCUT2D eigenvalue weighted by atomic mass is 16.5. The first-order valence-corrected chi connectivity index (χ1v) is 10.0. The summed E-state index contributed by atoms with van der Waals surface area (Å²) in [4.78, 5) is 28.0. The summed E-state index contributed by atoms with van der Waals surface area (Å²) in [6.07, 6.45) is 6.70. The Bertz CT molecular complexity index is 653. The predicted octanol–water partition coefficient (Wildman–Crippen LogP) is 3.78. The third-order valence-electron chi connectivity index (χ3n) is 5.76. The zero-order valence-corrected chi connectivity index (χ0v) is 16.4. The Morgan fingerprint density at radius 2 is 1.81 bits per heavy atom. The van der Waals surface area contributed by atoms with E-state index in [1.54, 1.807) is 31.4 Å². The molecule has 1 heterocycles. The van der Waals surface area contributed by atoms with Crippen molar-refractivity contribution in [1.82, 2.24) is 10.2 Å². The molecule has 2 fully saturated rings. The van der Waals surface area contributed by atoms with E-state index in [4.69, 9.17) is 4.74 Å². The maximum absolute atomic E-state index is 13.4. The third-order valence-corrected chi connectivity index (χ3v) is 5.76. The molecular formula is C21H31N3O3. The van der Waals surface area contributed by atoms with Gasteiger partial charge < -0.3 is 20.3 Å². The zero-order chi connectivity index (χ0) is 19.3. The van der Waals surface area contributed by atoms with E-state index in [2.05, 4.69) is 17.6 Å². The van der Waals surface area contributed by atoms with Crippen LogP contribution in [0, 0.1) is 5.92 Å². The summed E-state index contributed by atoms with van der Waals surface area (Å²) in [5, 5.41) is 5.90. The summed E-state index contributed by atoms with van der Waals surface area (Å²) in [7, 11) is 1.61. The number of nitrogens with one attached hydrogen (secondary N) is 2. The lowest BCUT2D eigenvalue weighted by Crippen LogP contribution is -2.62. The lowest BCUT2D eigenvalue weighted by atomic mass is 9.80. The maximum Gasteiger partial charge on any atom is 0.320 e. The summed E-state index contributed by atoms with van der Waals surface area (Å²) >= 11 is 0. The van der Waals surface area contributed by atoms with Crippen LogP contribution in [0.25, 0.3) is 0 Å². The number of nitrogens with zero attached hydrogens (tertiary/aromatic N) is 1. The number of ether oxygens (including phenoxy) is 1. The fraction of sp³-hybridized carbons (Fsp3) is 0.619. The number of urea groups is 1. The molecule has 1 atom stereocenters. The van der Waals surface area contributed by atoms with Crippen LogP contribution in [0.1, 0.15) is 51.9 Å². The van der Waals surface area contributed by atoms with Gasteiger partial charge in [0.05, 0.1) is 7.11 Å². The van der Waals surface area contributed by atoms with Crippen LogP contribution in [0.2, 0.25) is 0 Å². The maximum atomic E-state index is 13.4. The molecule has 27 heavy (non-hydrogen) atoms. The highest BCUT2D eigenvalue weighted by Gasteiger charge is 2.44. The summed E-state index contributed by atoms with van der Waals surface area (Å²) in [6, 6.07) is 6.86. The van der Waals surface area contributed by atoms with Crippen LogP contribution in [0.5, 0.6) is 5.75 Å². The van der Waals surface area contributed by atoms with Gasteiger partial charge in [-0.25, -0.2) is 4.79 Å². The highest BCUT2D eigenvalue weighted by Crippen LogP contribution is 2.32. The van der Waals surface area contributed by atoms with Gasteiger partial charge in [0.25, 0.3) is 0 Å². The molecule has 0 unspecified atom stereocenters. The number of hydrogen-bond donors (Lipinski definition) is 2. The zero-order valence-electron chi connectivity index (χ0n) is 16.4. The largest absolute Gasteiger partial charge is 0.497 e. The van der Waals surface area contributed by atoms with E-state index in [1.165, 1.54) is 6.42 Å². The molecular weight excluding hydrogens is 342 g/mol. The highest BCUT2D eigenvalue weighted by molar-refractivity contribution is 5.96. The Hall–Kier alpha value is -2.24. The smallest absolute Gasteiger partial charge is 0.320 e. The number of benzene rings is 1. The number of rotatable bonds is 4. The van der Waals surface area contributed by atoms with Gasteiger partial charge in [0, 0.05) is 18.8 Å². The molecule has 1 aliphatic carbocycles. The summed E-state index contributed by atoms with van der Waals surface area (Å²) in [5.74, 6) is 1.36. The monoisotopic (exact) mass is 373 g/mol. The summed E-state index contributed by atoms with van der Waals surface area (Å²) in [5.41, 5.74) is -0.0930. The number of anilines is 1. The van der Waals surface area contributed by atoms with Crippen LogP contribution in [0.4, 0.5) is 10.5 Å². The van der Waals surface area contributed by atoms with Crippen molar-refractivity contribution in [3.8, 4) is 5.75 Å². The van der Waals surface area contributed by atoms with Crippen molar-refractivity contribution in [2.45, 2.75) is 57.4 Å². The van der Waals surface area contributed by atoms with Crippen molar-refractivity contribution in [2.24, 2.45) is 5.92 Å². The molecule has 0 spiro atoms. The third kappa shape index (κ3) is 4.73. The molecule has 1 saturated heterocycles. The lowest BCUT2D eigenvalue weighted by Gasteiger charge is -2.42. The van der Waals surface area contributed by atoms with Crippen LogP contribution in [0.15, 0.2) is 24.3 Å². The van der Waals surface area contributed by atoms with Gasteiger partial charge in [-0.2, -0.15) is 0 Å². The summed E-state index contributed by atoms with van der Waals surface area (Å²) < 4.78 is 5.14. The number of methoxy groups -OCH3 is 1. The van der Waals surface area contributed by atoms with Gasteiger partial charge >= 0.3 is 6.03 Å². The average molecular weight is 373 g/mol. The van der Waals surface area contributed by atoms with Gasteiger partial charge in [0.1, 0.15) is 11.3 Å². The Kier molecular flexibility index (Phi) is 6.24. The van der Waals surface area contributed by atoms with Gasteiger partial charge in [-0.15, -0.1) is 0 Å². The van der Waals surface area contributed by atoms with Gasteiger partial charge in [-0.1, -0.05) is 26.2 Å². The van der Waals surface area contributed by atoms with E-state index in [0.717, 1.165) is 44.5 Å². The first kappa shape index (κ1) is 19.5. The molecule has 1 aliphatic heterocycles. The van der Waals surface area contributed by atoms with Crippen LogP contribution < -0.4 is 15.4 Å². The van der Waals surface area contributed by atoms with E-state index < -0.39 is 5.54 Å². The number of likely N-dealkylation sites (tertiary alicyclic amines) is 1. The first-order valence-electron chi connectivity index (χ1n) is 10.0. The molecule has 3 amide bonds. The molecule has 1 aromatic rings. The first-order chi connectivity index (χ1) is 13.0. The van der Waals surface area contributed by atoms with E-state index in [-0.39, 0.29) is 11.9 Å². The van der Waals surface area contributed by atoms with E-state index >= 15 is 0 Å². The van der Waals surface area contributed by atoms with Gasteiger partial charge in [-0.3, -0.25) is 4.79 Å². The van der Waals surface area contributed by atoms with Gasteiger partial charge in [0.15, 0.2) is 0 Å². The Morgan fingerprint density at radius 1 is 1.11 bits per heavy atom. The Morgan fingerprint density at radius 3 is 2.44 bits per heavy atom. The molecule has 1 saturated carbocycles. The number of carbonyl (C=O) groups is 2. The molecule has 6 nitrogen and oxygen atoms in total. The van der Waals surface area contributed by atoms with Crippen LogP contribution in [0.3, 0.4) is 0 Å². The Balaban J connectivity index is 1.69. The fourth-order valence-corrected chi connectivity index (χ4v) is 4.28. The van der Waals surface area contributed by atoms with Gasteiger partial charge in [0.2, 0.25) is 5.91 Å².